The van der Waals surface area contributed by atoms with Crippen LogP contribution in [0.4, 0.5) is 0 Å². The molecule has 0 spiro atoms. The molecule has 5 rings (SSSR count). The Balaban J connectivity index is 1.32. The Hall–Kier alpha value is -3.02. The summed E-state index contributed by atoms with van der Waals surface area (Å²) in [5, 5.41) is 8.49. The summed E-state index contributed by atoms with van der Waals surface area (Å²) in [5.74, 6) is 0.474. The van der Waals surface area contributed by atoms with Crippen molar-refractivity contribution in [2.75, 3.05) is 13.1 Å². The fourth-order valence-electron chi connectivity index (χ4n) is 4.84. The van der Waals surface area contributed by atoms with Gasteiger partial charge in [-0.2, -0.15) is 5.10 Å². The summed E-state index contributed by atoms with van der Waals surface area (Å²) in [4.78, 5) is 7.29. The Kier molecular flexibility index (Phi) is 6.28. The molecular formula is C27H31N5. The third-order valence-electron chi connectivity index (χ3n) is 6.49. The molecule has 2 aromatic carbocycles. The van der Waals surface area contributed by atoms with Crippen molar-refractivity contribution in [1.29, 1.82) is 0 Å². The summed E-state index contributed by atoms with van der Waals surface area (Å²) in [6.07, 6.45) is 4.38. The van der Waals surface area contributed by atoms with Gasteiger partial charge in [0.15, 0.2) is 5.65 Å². The lowest BCUT2D eigenvalue weighted by Gasteiger charge is -2.33. The molecule has 0 bridgehead atoms. The lowest BCUT2D eigenvalue weighted by Crippen LogP contribution is -2.34. The van der Waals surface area contributed by atoms with E-state index in [2.05, 4.69) is 88.4 Å². The number of benzene rings is 2. The second-order valence-electron chi connectivity index (χ2n) is 8.82. The average Bonchev–Trinajstić information content (AvgIpc) is 3.16. The topological polar surface area (TPSA) is 45.5 Å². The van der Waals surface area contributed by atoms with Gasteiger partial charge in [0.05, 0.1) is 11.4 Å². The van der Waals surface area contributed by atoms with E-state index < -0.39 is 0 Å². The van der Waals surface area contributed by atoms with Crippen molar-refractivity contribution in [2.45, 2.75) is 45.3 Å². The van der Waals surface area contributed by atoms with Crippen molar-refractivity contribution < 1.29 is 0 Å². The van der Waals surface area contributed by atoms with Gasteiger partial charge in [-0.3, -0.25) is 4.90 Å². The molecule has 1 fully saturated rings. The molecule has 3 heterocycles. The maximum absolute atomic E-state index is 4.92. The second-order valence-corrected chi connectivity index (χ2v) is 8.82. The largest absolute Gasteiger partial charge is 0.308 e. The second kappa shape index (κ2) is 9.63. The number of rotatable bonds is 7. The number of aromatic nitrogens is 3. The lowest BCUT2D eigenvalue weighted by atomic mass is 9.94. The number of fused-ring (bicyclic) bond motifs is 1. The molecule has 5 heteroatoms. The first-order valence-corrected chi connectivity index (χ1v) is 11.6. The number of piperidine rings is 1. The standard InChI is InChI=1S/C27H31N5/c1-21-25(18-28-17-22-9-4-2-5-10-22)27-29-15-14-26(32(27)30-21)24-13-8-16-31(20-24)19-23-11-6-3-7-12-23/h2-7,9-12,14-15,24,28H,8,13,16-20H2,1H3. The average molecular weight is 426 g/mol. The molecule has 1 atom stereocenters. The minimum Gasteiger partial charge on any atom is -0.308 e. The van der Waals surface area contributed by atoms with E-state index in [0.29, 0.717) is 5.92 Å². The fourth-order valence-corrected chi connectivity index (χ4v) is 4.84. The van der Waals surface area contributed by atoms with E-state index >= 15 is 0 Å². The molecule has 1 saturated heterocycles. The summed E-state index contributed by atoms with van der Waals surface area (Å²) in [5.41, 5.74) is 7.19. The van der Waals surface area contributed by atoms with Crippen molar-refractivity contribution in [3.05, 3.63) is 101 Å². The monoisotopic (exact) mass is 425 g/mol. The van der Waals surface area contributed by atoms with Crippen LogP contribution >= 0.6 is 0 Å². The van der Waals surface area contributed by atoms with E-state index in [1.165, 1.54) is 35.2 Å². The number of nitrogens with one attached hydrogen (secondary N) is 1. The van der Waals surface area contributed by atoms with Crippen molar-refractivity contribution in [2.24, 2.45) is 0 Å². The Bertz CT molecular complexity index is 1150. The zero-order chi connectivity index (χ0) is 21.8. The van der Waals surface area contributed by atoms with Crippen LogP contribution in [-0.2, 0) is 19.6 Å². The van der Waals surface area contributed by atoms with E-state index in [9.17, 15) is 0 Å². The maximum Gasteiger partial charge on any atom is 0.159 e. The van der Waals surface area contributed by atoms with Gasteiger partial charge in [-0.05, 0) is 43.5 Å². The van der Waals surface area contributed by atoms with Crippen LogP contribution in [0.25, 0.3) is 5.65 Å². The minimum absolute atomic E-state index is 0.474. The number of likely N-dealkylation sites (tertiary alicyclic amines) is 1. The SMILES string of the molecule is Cc1nn2c(C3CCCN(Cc4ccccc4)C3)ccnc2c1CNCc1ccccc1. The van der Waals surface area contributed by atoms with Crippen LogP contribution in [0.3, 0.4) is 0 Å². The van der Waals surface area contributed by atoms with E-state index in [1.807, 2.05) is 6.20 Å². The molecule has 1 aliphatic heterocycles. The molecule has 164 valence electrons. The normalized spacial score (nSPS) is 17.1. The van der Waals surface area contributed by atoms with Crippen LogP contribution in [-0.4, -0.2) is 32.6 Å². The summed E-state index contributed by atoms with van der Waals surface area (Å²) in [6, 6.07) is 23.5. The first kappa shape index (κ1) is 20.9. The van der Waals surface area contributed by atoms with E-state index in [-0.39, 0.29) is 0 Å². The molecule has 1 aliphatic rings. The summed E-state index contributed by atoms with van der Waals surface area (Å²) in [7, 11) is 0. The van der Waals surface area contributed by atoms with Crippen molar-refractivity contribution in [3.63, 3.8) is 0 Å². The number of hydrogen-bond donors (Lipinski definition) is 1. The van der Waals surface area contributed by atoms with Crippen LogP contribution in [0, 0.1) is 6.92 Å². The molecule has 0 amide bonds. The third-order valence-corrected chi connectivity index (χ3v) is 6.49. The first-order chi connectivity index (χ1) is 15.8. The van der Waals surface area contributed by atoms with Gasteiger partial charge < -0.3 is 5.32 Å². The Morgan fingerprint density at radius 3 is 2.47 bits per heavy atom. The summed E-state index contributed by atoms with van der Waals surface area (Å²) >= 11 is 0. The highest BCUT2D eigenvalue weighted by molar-refractivity contribution is 5.50. The summed E-state index contributed by atoms with van der Waals surface area (Å²) < 4.78 is 2.10. The van der Waals surface area contributed by atoms with E-state index in [0.717, 1.165) is 44.1 Å². The van der Waals surface area contributed by atoms with Gasteiger partial charge in [-0.1, -0.05) is 60.7 Å². The highest BCUT2D eigenvalue weighted by Gasteiger charge is 2.25. The van der Waals surface area contributed by atoms with Crippen LogP contribution in [0.1, 0.15) is 46.8 Å². The molecule has 1 N–H and O–H groups in total. The maximum atomic E-state index is 4.92. The predicted molar refractivity (Wildman–Crippen MR) is 128 cm³/mol. The Morgan fingerprint density at radius 1 is 0.938 bits per heavy atom. The van der Waals surface area contributed by atoms with Crippen molar-refractivity contribution >= 4 is 5.65 Å². The number of aryl methyl sites for hydroxylation is 1. The molecular weight excluding hydrogens is 394 g/mol. The molecule has 0 aliphatic carbocycles. The smallest absolute Gasteiger partial charge is 0.159 e. The Morgan fingerprint density at radius 2 is 1.69 bits per heavy atom. The van der Waals surface area contributed by atoms with Gasteiger partial charge in [0.1, 0.15) is 0 Å². The fraction of sp³-hybridized carbons (Fsp3) is 0.333. The Labute approximate surface area is 190 Å². The zero-order valence-electron chi connectivity index (χ0n) is 18.7. The van der Waals surface area contributed by atoms with Crippen LogP contribution in [0.15, 0.2) is 72.9 Å². The molecule has 0 radical (unpaired) electrons. The lowest BCUT2D eigenvalue weighted by molar-refractivity contribution is 0.197. The van der Waals surface area contributed by atoms with Gasteiger partial charge >= 0.3 is 0 Å². The number of nitrogens with zero attached hydrogens (tertiary/aromatic N) is 4. The van der Waals surface area contributed by atoms with E-state index in [4.69, 9.17) is 10.1 Å². The van der Waals surface area contributed by atoms with Gasteiger partial charge in [0.25, 0.3) is 0 Å². The number of hydrogen-bond acceptors (Lipinski definition) is 4. The van der Waals surface area contributed by atoms with Gasteiger partial charge in [0, 0.05) is 43.9 Å². The minimum atomic E-state index is 0.474. The molecule has 2 aromatic heterocycles. The first-order valence-electron chi connectivity index (χ1n) is 11.6. The van der Waals surface area contributed by atoms with Gasteiger partial charge in [-0.25, -0.2) is 9.50 Å². The molecule has 4 aromatic rings. The van der Waals surface area contributed by atoms with Crippen molar-refractivity contribution in [1.82, 2.24) is 24.8 Å². The molecule has 1 unspecified atom stereocenters. The molecule has 0 saturated carbocycles. The highest BCUT2D eigenvalue weighted by atomic mass is 15.3. The van der Waals surface area contributed by atoms with Gasteiger partial charge in [0.2, 0.25) is 0 Å². The quantitative estimate of drug-likeness (QED) is 0.466. The van der Waals surface area contributed by atoms with Crippen LogP contribution < -0.4 is 5.32 Å². The molecule has 32 heavy (non-hydrogen) atoms. The van der Waals surface area contributed by atoms with Gasteiger partial charge in [-0.15, -0.1) is 0 Å². The summed E-state index contributed by atoms with van der Waals surface area (Å²) in [6.45, 7) is 6.94. The highest BCUT2D eigenvalue weighted by Crippen LogP contribution is 2.29. The zero-order valence-corrected chi connectivity index (χ0v) is 18.7. The predicted octanol–water partition coefficient (Wildman–Crippen LogP) is 4.71. The third kappa shape index (κ3) is 4.59. The van der Waals surface area contributed by atoms with Crippen LogP contribution in [0.5, 0.6) is 0 Å². The molecule has 5 nitrogen and oxygen atoms in total. The van der Waals surface area contributed by atoms with E-state index in [1.54, 1.807) is 0 Å². The van der Waals surface area contributed by atoms with Crippen molar-refractivity contribution in [3.8, 4) is 0 Å². The van der Waals surface area contributed by atoms with Crippen LogP contribution in [0.2, 0.25) is 0 Å².